The van der Waals surface area contributed by atoms with Crippen molar-refractivity contribution in [3.63, 3.8) is 0 Å². The molecule has 160 valence electrons. The summed E-state index contributed by atoms with van der Waals surface area (Å²) in [4.78, 5) is 35.1. The van der Waals surface area contributed by atoms with Crippen molar-refractivity contribution in [2.45, 2.75) is 45.7 Å². The van der Waals surface area contributed by atoms with Crippen LogP contribution in [0.15, 0.2) is 30.6 Å². The Balaban J connectivity index is 1.66. The Morgan fingerprint density at radius 3 is 2.81 bits per heavy atom. The molecule has 1 saturated heterocycles. The summed E-state index contributed by atoms with van der Waals surface area (Å²) >= 11 is 0. The fourth-order valence-electron chi connectivity index (χ4n) is 5.08. The quantitative estimate of drug-likeness (QED) is 0.651. The van der Waals surface area contributed by atoms with Gasteiger partial charge >= 0.3 is 6.09 Å². The summed E-state index contributed by atoms with van der Waals surface area (Å²) in [6.07, 6.45) is 5.39. The van der Waals surface area contributed by atoms with Crippen molar-refractivity contribution in [2.24, 2.45) is 0 Å². The van der Waals surface area contributed by atoms with Crippen LogP contribution in [0.5, 0.6) is 0 Å². The zero-order valence-electron chi connectivity index (χ0n) is 17.8. The Hall–Kier alpha value is -3.35. The molecule has 0 radical (unpaired) electrons. The van der Waals surface area contributed by atoms with Crippen molar-refractivity contribution in [3.8, 4) is 11.1 Å². The van der Waals surface area contributed by atoms with Crippen molar-refractivity contribution in [1.82, 2.24) is 19.8 Å². The highest BCUT2D eigenvalue weighted by molar-refractivity contribution is 5.85. The Kier molecular flexibility index (Phi) is 4.68. The summed E-state index contributed by atoms with van der Waals surface area (Å²) in [5.74, 6) is 0.0664. The second-order valence-corrected chi connectivity index (χ2v) is 8.62. The number of amides is 2. The second kappa shape index (κ2) is 7.41. The van der Waals surface area contributed by atoms with E-state index >= 15 is 0 Å². The van der Waals surface area contributed by atoms with E-state index in [0.717, 1.165) is 58.1 Å². The minimum Gasteiger partial charge on any atom is -0.465 e. The lowest BCUT2D eigenvalue weighted by Gasteiger charge is -2.33. The van der Waals surface area contributed by atoms with E-state index in [1.54, 1.807) is 11.8 Å². The zero-order valence-corrected chi connectivity index (χ0v) is 17.8. The molecule has 1 unspecified atom stereocenters. The number of carbonyl (C=O) groups excluding carboxylic acids is 1. The number of carboxylic acid groups (broad SMARTS) is 1. The van der Waals surface area contributed by atoms with Gasteiger partial charge in [0.25, 0.3) is 0 Å². The van der Waals surface area contributed by atoms with Crippen molar-refractivity contribution in [1.29, 1.82) is 0 Å². The van der Waals surface area contributed by atoms with E-state index in [1.807, 2.05) is 17.3 Å². The first kappa shape index (κ1) is 19.6. The SMILES string of the molecule is CC(=O)N1CCc2c(cc(-c3cnc4[nH]cc(C)c4c3)cc2C2CCCN2C(=O)O)C1. The molecule has 0 spiro atoms. The number of fused-ring (bicyclic) bond motifs is 2. The number of hydrogen-bond acceptors (Lipinski definition) is 3. The van der Waals surface area contributed by atoms with Crippen LogP contribution in [0.2, 0.25) is 0 Å². The number of aryl methyl sites for hydroxylation is 1. The maximum Gasteiger partial charge on any atom is 0.407 e. The van der Waals surface area contributed by atoms with Gasteiger partial charge < -0.3 is 19.9 Å². The normalized spacial score (nSPS) is 18.5. The molecule has 2 aliphatic rings. The number of aromatic amines is 1. The summed E-state index contributed by atoms with van der Waals surface area (Å²) in [5.41, 5.74) is 7.41. The maximum atomic E-state index is 12.0. The lowest BCUT2D eigenvalue weighted by Crippen LogP contribution is -2.36. The molecule has 2 amide bonds. The van der Waals surface area contributed by atoms with E-state index in [0.29, 0.717) is 19.6 Å². The molecule has 3 aromatic rings. The molecule has 31 heavy (non-hydrogen) atoms. The Labute approximate surface area is 180 Å². The third-order valence-corrected chi connectivity index (χ3v) is 6.74. The van der Waals surface area contributed by atoms with E-state index in [9.17, 15) is 14.7 Å². The van der Waals surface area contributed by atoms with Gasteiger partial charge in [-0.3, -0.25) is 4.79 Å². The highest BCUT2D eigenvalue weighted by Gasteiger charge is 2.33. The van der Waals surface area contributed by atoms with Gasteiger partial charge in [0.15, 0.2) is 0 Å². The van der Waals surface area contributed by atoms with Crippen LogP contribution in [0, 0.1) is 6.92 Å². The number of carbonyl (C=O) groups is 2. The highest BCUT2D eigenvalue weighted by atomic mass is 16.4. The van der Waals surface area contributed by atoms with E-state index in [-0.39, 0.29) is 11.9 Å². The van der Waals surface area contributed by atoms with Crippen LogP contribution in [0.3, 0.4) is 0 Å². The van der Waals surface area contributed by atoms with E-state index < -0.39 is 6.09 Å². The van der Waals surface area contributed by atoms with Crippen LogP contribution >= 0.6 is 0 Å². The second-order valence-electron chi connectivity index (χ2n) is 8.62. The van der Waals surface area contributed by atoms with Crippen LogP contribution in [-0.4, -0.2) is 50.0 Å². The number of H-pyrrole nitrogens is 1. The molecule has 2 aromatic heterocycles. The van der Waals surface area contributed by atoms with Crippen LogP contribution in [0.4, 0.5) is 4.79 Å². The Morgan fingerprint density at radius 2 is 2.03 bits per heavy atom. The molecule has 0 bridgehead atoms. The summed E-state index contributed by atoms with van der Waals surface area (Å²) in [7, 11) is 0. The van der Waals surface area contributed by atoms with Crippen molar-refractivity contribution in [2.75, 3.05) is 13.1 Å². The monoisotopic (exact) mass is 418 g/mol. The molecular weight excluding hydrogens is 392 g/mol. The fourth-order valence-corrected chi connectivity index (χ4v) is 5.08. The average molecular weight is 418 g/mol. The Morgan fingerprint density at radius 1 is 1.19 bits per heavy atom. The summed E-state index contributed by atoms with van der Waals surface area (Å²) in [5, 5.41) is 10.8. The van der Waals surface area contributed by atoms with Crippen molar-refractivity contribution in [3.05, 3.63) is 52.8 Å². The molecule has 7 heteroatoms. The first-order valence-electron chi connectivity index (χ1n) is 10.8. The average Bonchev–Trinajstić information content (AvgIpc) is 3.39. The molecule has 5 rings (SSSR count). The number of hydrogen-bond donors (Lipinski definition) is 2. The summed E-state index contributed by atoms with van der Waals surface area (Å²) in [6.45, 7) is 5.45. The van der Waals surface area contributed by atoms with Crippen LogP contribution in [-0.2, 0) is 17.8 Å². The molecule has 2 aliphatic heterocycles. The van der Waals surface area contributed by atoms with Gasteiger partial charge in [-0.2, -0.15) is 0 Å². The molecule has 1 atom stereocenters. The molecule has 0 aliphatic carbocycles. The van der Waals surface area contributed by atoms with Crippen LogP contribution in [0.1, 0.15) is 48.1 Å². The lowest BCUT2D eigenvalue weighted by atomic mass is 9.86. The lowest BCUT2D eigenvalue weighted by molar-refractivity contribution is -0.129. The van der Waals surface area contributed by atoms with E-state index in [2.05, 4.69) is 35.1 Å². The maximum absolute atomic E-state index is 12.0. The fraction of sp³-hybridized carbons (Fsp3) is 0.375. The number of nitrogens with zero attached hydrogens (tertiary/aromatic N) is 3. The van der Waals surface area contributed by atoms with Crippen LogP contribution in [0.25, 0.3) is 22.2 Å². The molecule has 1 fully saturated rings. The largest absolute Gasteiger partial charge is 0.465 e. The van der Waals surface area contributed by atoms with Gasteiger partial charge in [0, 0.05) is 49.9 Å². The predicted molar refractivity (Wildman–Crippen MR) is 118 cm³/mol. The molecule has 1 aromatic carbocycles. The highest BCUT2D eigenvalue weighted by Crippen LogP contribution is 2.39. The molecule has 2 N–H and O–H groups in total. The molecule has 0 saturated carbocycles. The molecule has 7 nitrogen and oxygen atoms in total. The number of nitrogens with one attached hydrogen (secondary N) is 1. The third kappa shape index (κ3) is 3.34. The zero-order chi connectivity index (χ0) is 21.7. The summed E-state index contributed by atoms with van der Waals surface area (Å²) in [6, 6.07) is 6.30. The van der Waals surface area contributed by atoms with Gasteiger partial charge in [0.2, 0.25) is 5.91 Å². The van der Waals surface area contributed by atoms with Gasteiger partial charge in [-0.15, -0.1) is 0 Å². The molecular formula is C24H26N4O3. The minimum atomic E-state index is -0.867. The number of benzene rings is 1. The molecule has 4 heterocycles. The van der Waals surface area contributed by atoms with E-state index in [1.165, 1.54) is 5.56 Å². The van der Waals surface area contributed by atoms with E-state index in [4.69, 9.17) is 0 Å². The predicted octanol–water partition coefficient (Wildman–Crippen LogP) is 4.26. The number of rotatable bonds is 2. The van der Waals surface area contributed by atoms with Gasteiger partial charge in [-0.1, -0.05) is 0 Å². The standard InChI is InChI=1S/C24H26N4O3/c1-14-11-25-23-20(14)10-17(12-26-23)16-8-18-13-27(15(2)29)7-5-19(18)21(9-16)22-4-3-6-28(22)24(30)31/h8-12,22H,3-7,13H2,1-2H3,(H,25,26)(H,30,31). The van der Waals surface area contributed by atoms with Gasteiger partial charge in [-0.25, -0.2) is 9.78 Å². The van der Waals surface area contributed by atoms with Gasteiger partial charge in [0.05, 0.1) is 6.04 Å². The first-order valence-corrected chi connectivity index (χ1v) is 10.8. The van der Waals surface area contributed by atoms with Crippen molar-refractivity contribution >= 4 is 23.0 Å². The number of likely N-dealkylation sites (tertiary alicyclic amines) is 1. The van der Waals surface area contributed by atoms with Crippen LogP contribution < -0.4 is 0 Å². The minimum absolute atomic E-state index is 0.0664. The number of aromatic nitrogens is 2. The smallest absolute Gasteiger partial charge is 0.407 e. The first-order chi connectivity index (χ1) is 14.9. The van der Waals surface area contributed by atoms with Crippen molar-refractivity contribution < 1.29 is 14.7 Å². The van der Waals surface area contributed by atoms with Gasteiger partial charge in [0.1, 0.15) is 5.65 Å². The third-order valence-electron chi connectivity index (χ3n) is 6.74. The van der Waals surface area contributed by atoms with Gasteiger partial charge in [-0.05, 0) is 72.2 Å². The summed E-state index contributed by atoms with van der Waals surface area (Å²) < 4.78 is 0. The topological polar surface area (TPSA) is 89.5 Å². The number of pyridine rings is 1. The Bertz CT molecular complexity index is 1200.